The molecule has 0 bridgehead atoms. The average molecular weight is 412 g/mol. The Morgan fingerprint density at radius 1 is 1.08 bits per heavy atom. The first-order chi connectivity index (χ1) is 12.2. The molecular formula is C17H15Cl2N3OS2. The number of nitrogens with zero attached hydrogens (tertiary/aromatic N) is 2. The zero-order chi connectivity index (χ0) is 17.6. The van der Waals surface area contributed by atoms with E-state index in [0.29, 0.717) is 27.5 Å². The van der Waals surface area contributed by atoms with Gasteiger partial charge in [-0.2, -0.15) is 0 Å². The number of hydrogen-bond donors (Lipinski definition) is 1. The van der Waals surface area contributed by atoms with Crippen LogP contribution in [0.3, 0.4) is 0 Å². The quantitative estimate of drug-likeness (QED) is 0.463. The Morgan fingerprint density at radius 3 is 2.60 bits per heavy atom. The molecule has 25 heavy (non-hydrogen) atoms. The molecule has 0 amide bonds. The van der Waals surface area contributed by atoms with Gasteiger partial charge in [0, 0.05) is 15.8 Å². The second-order valence-corrected chi connectivity index (χ2v) is 7.93. The van der Waals surface area contributed by atoms with Crippen LogP contribution in [0, 0.1) is 0 Å². The van der Waals surface area contributed by atoms with Crippen LogP contribution in [0.1, 0.15) is 12.5 Å². The Morgan fingerprint density at radius 2 is 1.84 bits per heavy atom. The Bertz CT molecular complexity index is 837. The lowest BCUT2D eigenvalue weighted by Gasteiger charge is -2.09. The zero-order valence-electron chi connectivity index (χ0n) is 13.3. The van der Waals surface area contributed by atoms with Crippen LogP contribution in [0.5, 0.6) is 5.75 Å². The lowest BCUT2D eigenvalue weighted by Crippen LogP contribution is -1.97. The maximum absolute atomic E-state index is 6.20. The Kier molecular flexibility index (Phi) is 6.42. The molecule has 0 fully saturated rings. The monoisotopic (exact) mass is 411 g/mol. The molecule has 1 N–H and O–H groups in total. The first kappa shape index (κ1) is 18.3. The van der Waals surface area contributed by atoms with Crippen molar-refractivity contribution in [3.8, 4) is 5.75 Å². The van der Waals surface area contributed by atoms with Crippen LogP contribution in [0.25, 0.3) is 0 Å². The molecule has 0 spiro atoms. The van der Waals surface area contributed by atoms with Crippen LogP contribution in [0.4, 0.5) is 10.8 Å². The highest BCUT2D eigenvalue weighted by molar-refractivity contribution is 8.00. The maximum atomic E-state index is 6.20. The number of rotatable bonds is 7. The van der Waals surface area contributed by atoms with E-state index in [0.717, 1.165) is 21.3 Å². The summed E-state index contributed by atoms with van der Waals surface area (Å²) in [7, 11) is 0. The van der Waals surface area contributed by atoms with Gasteiger partial charge >= 0.3 is 0 Å². The number of aromatic nitrogens is 2. The number of ether oxygens (including phenoxy) is 1. The van der Waals surface area contributed by atoms with E-state index < -0.39 is 0 Å². The summed E-state index contributed by atoms with van der Waals surface area (Å²) >= 11 is 15.4. The fourth-order valence-electron chi connectivity index (χ4n) is 2.09. The maximum Gasteiger partial charge on any atom is 0.210 e. The smallest absolute Gasteiger partial charge is 0.210 e. The number of thioether (sulfide) groups is 1. The minimum absolute atomic E-state index is 0.606. The molecule has 0 atom stereocenters. The van der Waals surface area contributed by atoms with E-state index in [1.54, 1.807) is 11.8 Å². The summed E-state index contributed by atoms with van der Waals surface area (Å²) < 4.78 is 6.45. The van der Waals surface area contributed by atoms with E-state index in [4.69, 9.17) is 27.9 Å². The Balaban J connectivity index is 1.67. The van der Waals surface area contributed by atoms with Crippen molar-refractivity contribution >= 4 is 57.1 Å². The Hall–Kier alpha value is -1.47. The lowest BCUT2D eigenvalue weighted by molar-refractivity contribution is 0.342. The second-order valence-electron chi connectivity index (χ2n) is 4.92. The molecule has 0 saturated heterocycles. The van der Waals surface area contributed by atoms with Crippen molar-refractivity contribution in [2.24, 2.45) is 0 Å². The summed E-state index contributed by atoms with van der Waals surface area (Å²) in [4.78, 5) is 0. The topological polar surface area (TPSA) is 47.0 Å². The second kappa shape index (κ2) is 8.76. The average Bonchev–Trinajstić information content (AvgIpc) is 3.04. The van der Waals surface area contributed by atoms with E-state index in [2.05, 4.69) is 15.5 Å². The fourth-order valence-corrected chi connectivity index (χ4v) is 4.60. The standard InChI is InChI=1S/C17H15Cl2N3OS2/c1-2-23-15-9-4-3-8-14(15)20-16-21-22-17(25-16)24-10-11-12(18)6-5-7-13(11)19/h3-9H,2,10H2,1H3,(H,20,21). The predicted molar refractivity (Wildman–Crippen MR) is 107 cm³/mol. The molecule has 0 aliphatic rings. The summed E-state index contributed by atoms with van der Waals surface area (Å²) in [5, 5.41) is 13.7. The van der Waals surface area contributed by atoms with Gasteiger partial charge < -0.3 is 10.1 Å². The van der Waals surface area contributed by atoms with Crippen molar-refractivity contribution in [3.63, 3.8) is 0 Å². The van der Waals surface area contributed by atoms with Crippen molar-refractivity contribution in [1.29, 1.82) is 0 Å². The molecule has 130 valence electrons. The van der Waals surface area contributed by atoms with Crippen molar-refractivity contribution in [3.05, 3.63) is 58.1 Å². The summed E-state index contributed by atoms with van der Waals surface area (Å²) in [5.74, 6) is 1.43. The third kappa shape index (κ3) is 4.79. The van der Waals surface area contributed by atoms with Crippen LogP contribution in [-0.2, 0) is 5.75 Å². The van der Waals surface area contributed by atoms with Crippen LogP contribution in [0.15, 0.2) is 46.8 Å². The van der Waals surface area contributed by atoms with Gasteiger partial charge in [-0.05, 0) is 36.8 Å². The van der Waals surface area contributed by atoms with Crippen LogP contribution >= 0.6 is 46.3 Å². The van der Waals surface area contributed by atoms with E-state index in [9.17, 15) is 0 Å². The van der Waals surface area contributed by atoms with Crippen LogP contribution < -0.4 is 10.1 Å². The van der Waals surface area contributed by atoms with Gasteiger partial charge in [-0.15, -0.1) is 10.2 Å². The van der Waals surface area contributed by atoms with Crippen LogP contribution in [0.2, 0.25) is 10.0 Å². The van der Waals surface area contributed by atoms with Gasteiger partial charge in [0.1, 0.15) is 5.75 Å². The molecule has 1 heterocycles. The molecule has 3 rings (SSSR count). The molecule has 1 aromatic heterocycles. The largest absolute Gasteiger partial charge is 0.492 e. The van der Waals surface area contributed by atoms with Crippen molar-refractivity contribution < 1.29 is 4.74 Å². The summed E-state index contributed by atoms with van der Waals surface area (Å²) in [5.41, 5.74) is 1.77. The van der Waals surface area contributed by atoms with E-state index in [1.165, 1.54) is 11.3 Å². The summed E-state index contributed by atoms with van der Waals surface area (Å²) in [6, 6.07) is 13.3. The molecule has 0 aliphatic carbocycles. The van der Waals surface area contributed by atoms with Gasteiger partial charge in [-0.3, -0.25) is 0 Å². The molecule has 0 saturated carbocycles. The number of para-hydroxylation sites is 2. The minimum atomic E-state index is 0.606. The highest BCUT2D eigenvalue weighted by atomic mass is 35.5. The summed E-state index contributed by atoms with van der Waals surface area (Å²) in [6.45, 7) is 2.56. The van der Waals surface area contributed by atoms with Gasteiger partial charge in [0.15, 0.2) is 4.34 Å². The van der Waals surface area contributed by atoms with Gasteiger partial charge in [0.2, 0.25) is 5.13 Å². The molecule has 2 aromatic carbocycles. The van der Waals surface area contributed by atoms with Crippen LogP contribution in [-0.4, -0.2) is 16.8 Å². The van der Waals surface area contributed by atoms with Crippen molar-refractivity contribution in [2.45, 2.75) is 17.0 Å². The SMILES string of the molecule is CCOc1ccccc1Nc1nnc(SCc2c(Cl)cccc2Cl)s1. The predicted octanol–water partition coefficient (Wildman–Crippen LogP) is 6.28. The van der Waals surface area contributed by atoms with Gasteiger partial charge in [-0.1, -0.05) is 64.5 Å². The molecule has 0 aliphatic heterocycles. The first-order valence-corrected chi connectivity index (χ1v) is 10.1. The van der Waals surface area contributed by atoms with Gasteiger partial charge in [0.25, 0.3) is 0 Å². The van der Waals surface area contributed by atoms with Gasteiger partial charge in [0.05, 0.1) is 12.3 Å². The summed E-state index contributed by atoms with van der Waals surface area (Å²) in [6.07, 6.45) is 0. The highest BCUT2D eigenvalue weighted by Crippen LogP contribution is 2.35. The van der Waals surface area contributed by atoms with E-state index in [-0.39, 0.29) is 0 Å². The fraction of sp³-hybridized carbons (Fsp3) is 0.176. The zero-order valence-corrected chi connectivity index (χ0v) is 16.5. The molecule has 0 unspecified atom stereocenters. The number of halogens is 2. The number of benzene rings is 2. The number of anilines is 2. The third-order valence-corrected chi connectivity index (χ3v) is 5.94. The molecule has 3 aromatic rings. The van der Waals surface area contributed by atoms with Crippen molar-refractivity contribution in [2.75, 3.05) is 11.9 Å². The molecule has 8 heteroatoms. The number of hydrogen-bond acceptors (Lipinski definition) is 6. The first-order valence-electron chi connectivity index (χ1n) is 7.55. The minimum Gasteiger partial charge on any atom is -0.492 e. The lowest BCUT2D eigenvalue weighted by atomic mass is 10.2. The van der Waals surface area contributed by atoms with E-state index in [1.807, 2.05) is 49.4 Å². The number of nitrogens with one attached hydrogen (secondary N) is 1. The Labute approximate surface area is 164 Å². The molecule has 4 nitrogen and oxygen atoms in total. The van der Waals surface area contributed by atoms with Crippen molar-refractivity contribution in [1.82, 2.24) is 10.2 Å². The normalized spacial score (nSPS) is 10.7. The molecular weight excluding hydrogens is 397 g/mol. The molecule has 0 radical (unpaired) electrons. The van der Waals surface area contributed by atoms with E-state index >= 15 is 0 Å². The van der Waals surface area contributed by atoms with Gasteiger partial charge in [-0.25, -0.2) is 0 Å². The highest BCUT2D eigenvalue weighted by Gasteiger charge is 2.11. The third-order valence-electron chi connectivity index (χ3n) is 3.24.